The molecular formula is C13H11O2. The lowest BCUT2D eigenvalue weighted by Crippen LogP contribution is -1.86. The summed E-state index contributed by atoms with van der Waals surface area (Å²) in [5.74, 6) is 1.01. The van der Waals surface area contributed by atoms with Gasteiger partial charge in [0.05, 0.1) is 7.11 Å². The average Bonchev–Trinajstić information content (AvgIpc) is 2.29. The zero-order chi connectivity index (χ0) is 10.7. The second-order valence-corrected chi connectivity index (χ2v) is 3.18. The Hall–Kier alpha value is -1.96. The first-order chi connectivity index (χ1) is 7.31. The molecule has 2 heteroatoms. The van der Waals surface area contributed by atoms with Crippen LogP contribution in [0.4, 0.5) is 0 Å². The van der Waals surface area contributed by atoms with Crippen molar-refractivity contribution in [3.8, 4) is 22.6 Å². The third-order valence-electron chi connectivity index (χ3n) is 2.20. The Labute approximate surface area is 88.8 Å². The normalized spacial score (nSPS) is 9.93. The first-order valence-corrected chi connectivity index (χ1v) is 4.65. The van der Waals surface area contributed by atoms with Crippen molar-refractivity contribution in [1.82, 2.24) is 0 Å². The third kappa shape index (κ3) is 1.94. The van der Waals surface area contributed by atoms with Crippen LogP contribution in [0, 0.1) is 6.07 Å². The molecule has 2 nitrogen and oxygen atoms in total. The van der Waals surface area contributed by atoms with E-state index in [1.807, 2.05) is 18.2 Å². The van der Waals surface area contributed by atoms with Crippen LogP contribution < -0.4 is 4.74 Å². The smallest absolute Gasteiger partial charge is 0.127 e. The summed E-state index contributed by atoms with van der Waals surface area (Å²) < 4.78 is 5.23. The summed E-state index contributed by atoms with van der Waals surface area (Å²) in [5.41, 5.74) is 1.88. The quantitative estimate of drug-likeness (QED) is 0.805. The Balaban J connectivity index is 2.53. The molecule has 1 N–H and O–H groups in total. The summed E-state index contributed by atoms with van der Waals surface area (Å²) in [4.78, 5) is 0. The molecule has 0 aliphatic carbocycles. The molecule has 2 rings (SSSR count). The molecule has 0 saturated heterocycles. The topological polar surface area (TPSA) is 29.5 Å². The summed E-state index contributed by atoms with van der Waals surface area (Å²) in [6, 6.07) is 15.5. The van der Waals surface area contributed by atoms with Crippen LogP contribution in [-0.4, -0.2) is 12.2 Å². The predicted octanol–water partition coefficient (Wildman–Crippen LogP) is 2.87. The maximum absolute atomic E-state index is 9.39. The Bertz CT molecular complexity index is 464. The van der Waals surface area contributed by atoms with E-state index in [-0.39, 0.29) is 5.75 Å². The molecule has 2 aromatic carbocycles. The number of phenolic OH excluding ortho intramolecular Hbond substituents is 1. The van der Waals surface area contributed by atoms with Crippen LogP contribution in [0.5, 0.6) is 11.5 Å². The van der Waals surface area contributed by atoms with Crippen LogP contribution >= 0.6 is 0 Å². The molecule has 75 valence electrons. The standard InChI is InChI=1S/C13H11O2/c1-15-13-8-3-2-7-12(13)10-5-4-6-11(14)9-10/h2,4-9,14H,1H3. The first kappa shape index (κ1) is 9.59. The SMILES string of the molecule is COc1c[c]ccc1-c1cccc(O)c1. The van der Waals surface area contributed by atoms with Crippen LogP contribution in [0.15, 0.2) is 42.5 Å². The van der Waals surface area contributed by atoms with Crippen molar-refractivity contribution in [2.45, 2.75) is 0 Å². The van der Waals surface area contributed by atoms with Gasteiger partial charge in [-0.1, -0.05) is 24.3 Å². The Kier molecular flexibility index (Phi) is 2.59. The maximum Gasteiger partial charge on any atom is 0.127 e. The summed E-state index contributed by atoms with van der Waals surface area (Å²) in [5, 5.41) is 9.39. The van der Waals surface area contributed by atoms with Crippen molar-refractivity contribution in [2.24, 2.45) is 0 Å². The van der Waals surface area contributed by atoms with Crippen molar-refractivity contribution in [2.75, 3.05) is 7.11 Å². The highest BCUT2D eigenvalue weighted by molar-refractivity contribution is 5.71. The second-order valence-electron chi connectivity index (χ2n) is 3.18. The molecule has 0 spiro atoms. The first-order valence-electron chi connectivity index (χ1n) is 4.65. The Morgan fingerprint density at radius 3 is 2.87 bits per heavy atom. The fourth-order valence-electron chi connectivity index (χ4n) is 1.50. The highest BCUT2D eigenvalue weighted by atomic mass is 16.5. The van der Waals surface area contributed by atoms with Gasteiger partial charge in [-0.25, -0.2) is 0 Å². The van der Waals surface area contributed by atoms with Crippen LogP contribution in [0.1, 0.15) is 0 Å². The monoisotopic (exact) mass is 199 g/mol. The van der Waals surface area contributed by atoms with E-state index in [9.17, 15) is 5.11 Å². The van der Waals surface area contributed by atoms with Gasteiger partial charge in [0, 0.05) is 5.56 Å². The van der Waals surface area contributed by atoms with Gasteiger partial charge < -0.3 is 9.84 Å². The van der Waals surface area contributed by atoms with Crippen LogP contribution in [0.3, 0.4) is 0 Å². The molecule has 1 radical (unpaired) electrons. The van der Waals surface area contributed by atoms with Crippen LogP contribution in [-0.2, 0) is 0 Å². The van der Waals surface area contributed by atoms with Crippen molar-refractivity contribution in [3.63, 3.8) is 0 Å². The summed E-state index contributed by atoms with van der Waals surface area (Å²) in [6.07, 6.45) is 0. The van der Waals surface area contributed by atoms with Gasteiger partial charge in [0.25, 0.3) is 0 Å². The molecule has 0 bridgehead atoms. The average molecular weight is 199 g/mol. The molecule has 0 amide bonds. The highest BCUT2D eigenvalue weighted by Gasteiger charge is 2.04. The number of methoxy groups -OCH3 is 1. The van der Waals surface area contributed by atoms with Crippen LogP contribution in [0.25, 0.3) is 11.1 Å². The van der Waals surface area contributed by atoms with Gasteiger partial charge in [0.15, 0.2) is 0 Å². The maximum atomic E-state index is 9.39. The van der Waals surface area contributed by atoms with Gasteiger partial charge >= 0.3 is 0 Å². The fraction of sp³-hybridized carbons (Fsp3) is 0.0769. The number of aromatic hydroxyl groups is 1. The number of hydrogen-bond acceptors (Lipinski definition) is 2. The van der Waals surface area contributed by atoms with E-state index in [0.717, 1.165) is 16.9 Å². The van der Waals surface area contributed by atoms with Gasteiger partial charge in [-0.3, -0.25) is 0 Å². The van der Waals surface area contributed by atoms with E-state index in [2.05, 4.69) is 6.07 Å². The number of ether oxygens (including phenoxy) is 1. The molecule has 0 saturated carbocycles. The Morgan fingerprint density at radius 2 is 2.13 bits per heavy atom. The van der Waals surface area contributed by atoms with E-state index >= 15 is 0 Å². The summed E-state index contributed by atoms with van der Waals surface area (Å²) in [7, 11) is 1.62. The summed E-state index contributed by atoms with van der Waals surface area (Å²) in [6.45, 7) is 0. The molecule has 0 aromatic heterocycles. The second kappa shape index (κ2) is 4.05. The molecule has 0 heterocycles. The molecule has 15 heavy (non-hydrogen) atoms. The van der Waals surface area contributed by atoms with E-state index in [4.69, 9.17) is 4.74 Å². The lowest BCUT2D eigenvalue weighted by Gasteiger charge is -2.07. The van der Waals surface area contributed by atoms with Crippen molar-refractivity contribution >= 4 is 0 Å². The lowest BCUT2D eigenvalue weighted by molar-refractivity contribution is 0.416. The van der Waals surface area contributed by atoms with Crippen molar-refractivity contribution < 1.29 is 9.84 Å². The van der Waals surface area contributed by atoms with Gasteiger partial charge in [-0.2, -0.15) is 0 Å². The number of rotatable bonds is 2. The van der Waals surface area contributed by atoms with E-state index in [0.29, 0.717) is 0 Å². The molecule has 2 aromatic rings. The van der Waals surface area contributed by atoms with Gasteiger partial charge in [-0.05, 0) is 29.8 Å². The zero-order valence-corrected chi connectivity index (χ0v) is 8.40. The van der Waals surface area contributed by atoms with E-state index < -0.39 is 0 Å². The number of benzene rings is 2. The minimum Gasteiger partial charge on any atom is -0.508 e. The molecule has 0 aliphatic rings. The number of hydrogen-bond donors (Lipinski definition) is 1. The predicted molar refractivity (Wildman–Crippen MR) is 58.9 cm³/mol. The van der Waals surface area contributed by atoms with Gasteiger partial charge in [-0.15, -0.1) is 0 Å². The van der Waals surface area contributed by atoms with Crippen molar-refractivity contribution in [1.29, 1.82) is 0 Å². The summed E-state index contributed by atoms with van der Waals surface area (Å²) >= 11 is 0. The Morgan fingerprint density at radius 1 is 1.27 bits per heavy atom. The lowest BCUT2D eigenvalue weighted by atomic mass is 10.0. The van der Waals surface area contributed by atoms with Crippen LogP contribution in [0.2, 0.25) is 0 Å². The molecule has 0 fully saturated rings. The molecule has 0 unspecified atom stereocenters. The minimum atomic E-state index is 0.252. The highest BCUT2D eigenvalue weighted by Crippen LogP contribution is 2.30. The largest absolute Gasteiger partial charge is 0.508 e. The minimum absolute atomic E-state index is 0.252. The molecule has 0 atom stereocenters. The molecular weight excluding hydrogens is 188 g/mol. The zero-order valence-electron chi connectivity index (χ0n) is 8.40. The number of phenols is 1. The van der Waals surface area contributed by atoms with Gasteiger partial charge in [0.2, 0.25) is 0 Å². The third-order valence-corrected chi connectivity index (χ3v) is 2.20. The van der Waals surface area contributed by atoms with E-state index in [1.54, 1.807) is 31.4 Å². The van der Waals surface area contributed by atoms with Crippen molar-refractivity contribution in [3.05, 3.63) is 48.5 Å². The fourth-order valence-corrected chi connectivity index (χ4v) is 1.50. The van der Waals surface area contributed by atoms with Gasteiger partial charge in [0.1, 0.15) is 11.5 Å². The van der Waals surface area contributed by atoms with E-state index in [1.165, 1.54) is 0 Å². The molecule has 0 aliphatic heterocycles.